The minimum Gasteiger partial charge on any atom is -0.198 e. The van der Waals surface area contributed by atoms with Crippen LogP contribution in [0.25, 0.3) is 16.4 Å². The van der Waals surface area contributed by atoms with Crippen LogP contribution in [0, 0.1) is 11.5 Å². The molecule has 1 N–H and O–H groups in total. The Bertz CT molecular complexity index is 781. The summed E-state index contributed by atoms with van der Waals surface area (Å²) in [5.41, 5.74) is 2.74. The van der Waals surface area contributed by atoms with Crippen LogP contribution >= 0.6 is 0 Å². The Labute approximate surface area is 101 Å². The smallest absolute Gasteiger partial charge is 0.198 e. The average molecular weight is 238 g/mol. The molecule has 0 spiro atoms. The number of hydrogen-bond acceptors (Lipinski definition) is 6. The second kappa shape index (κ2) is 4.06. The molecule has 0 atom stereocenters. The van der Waals surface area contributed by atoms with E-state index in [2.05, 4.69) is 31.1 Å². The van der Waals surface area contributed by atoms with Crippen LogP contribution in [-0.4, -0.2) is 19.8 Å². The maximum Gasteiger partial charge on any atom is 0.204 e. The molecule has 1 aromatic carbocycles. The second-order valence-corrected chi connectivity index (χ2v) is 3.39. The molecule has 3 rings (SSSR count). The van der Waals surface area contributed by atoms with Gasteiger partial charge in [-0.1, -0.05) is 29.5 Å². The molecule has 86 valence electrons. The van der Waals surface area contributed by atoms with Gasteiger partial charge in [-0.25, -0.2) is 0 Å². The van der Waals surface area contributed by atoms with E-state index in [1.165, 1.54) is 10.8 Å². The molecule has 8 heteroatoms. The molecule has 3 aromatic rings. The first-order valence-corrected chi connectivity index (χ1v) is 5.04. The van der Waals surface area contributed by atoms with Gasteiger partial charge in [0.2, 0.25) is 5.82 Å². The predicted molar refractivity (Wildman–Crippen MR) is 61.6 cm³/mol. The van der Waals surface area contributed by atoms with E-state index in [0.717, 1.165) is 10.8 Å². The fourth-order valence-corrected chi connectivity index (χ4v) is 1.68. The summed E-state index contributed by atoms with van der Waals surface area (Å²) in [6.45, 7) is 0. The van der Waals surface area contributed by atoms with E-state index < -0.39 is 0 Å². The molecular weight excluding hydrogens is 232 g/mol. The molecule has 0 aliphatic heterocycles. The zero-order chi connectivity index (χ0) is 12.4. The lowest BCUT2D eigenvalue weighted by atomic mass is 10.2. The van der Waals surface area contributed by atoms with E-state index in [-0.39, 0.29) is 0 Å². The Balaban J connectivity index is 2.31. The minimum atomic E-state index is 0.389. The third-order valence-electron chi connectivity index (χ3n) is 2.39. The predicted octanol–water partition coefficient (Wildman–Crippen LogP) is 1.35. The van der Waals surface area contributed by atoms with E-state index in [9.17, 15) is 0 Å². The zero-order valence-electron chi connectivity index (χ0n) is 9.02. The molecule has 2 aromatic heterocycles. The van der Waals surface area contributed by atoms with E-state index in [1.54, 1.807) is 6.19 Å². The van der Waals surface area contributed by atoms with Crippen molar-refractivity contribution in [2.75, 3.05) is 0 Å². The van der Waals surface area contributed by atoms with Crippen molar-refractivity contribution in [3.05, 3.63) is 30.6 Å². The summed E-state index contributed by atoms with van der Waals surface area (Å²) in [6.07, 6.45) is 3.13. The highest BCUT2D eigenvalue weighted by Crippen LogP contribution is 2.25. The van der Waals surface area contributed by atoms with Gasteiger partial charge < -0.3 is 0 Å². The van der Waals surface area contributed by atoms with Gasteiger partial charge in [-0.15, -0.1) is 20.4 Å². The minimum absolute atomic E-state index is 0.389. The van der Waals surface area contributed by atoms with Gasteiger partial charge >= 0.3 is 0 Å². The Kier molecular flexibility index (Phi) is 2.28. The average Bonchev–Trinajstić information content (AvgIpc) is 2.87. The Hall–Kier alpha value is -3.08. The van der Waals surface area contributed by atoms with Crippen LogP contribution < -0.4 is 5.43 Å². The first-order chi connectivity index (χ1) is 8.90. The molecule has 0 aliphatic carbocycles. The van der Waals surface area contributed by atoms with E-state index in [0.29, 0.717) is 11.5 Å². The Morgan fingerprint density at radius 1 is 1.28 bits per heavy atom. The molecule has 0 amide bonds. The van der Waals surface area contributed by atoms with Crippen molar-refractivity contribution in [1.82, 2.24) is 25.2 Å². The molecule has 0 saturated carbocycles. The van der Waals surface area contributed by atoms with Gasteiger partial charge in [-0.3, -0.25) is 0 Å². The molecule has 0 unspecified atom stereocenters. The van der Waals surface area contributed by atoms with Crippen LogP contribution in [0.2, 0.25) is 0 Å². The third-order valence-corrected chi connectivity index (χ3v) is 2.39. The number of nitrogens with one attached hydrogen (secondary N) is 1. The normalized spacial score (nSPS) is 11.1. The number of aromatic nitrogens is 4. The first kappa shape index (κ1) is 10.1. The molecule has 2 heterocycles. The molecule has 0 saturated heterocycles. The van der Waals surface area contributed by atoms with E-state index >= 15 is 0 Å². The first-order valence-electron chi connectivity index (χ1n) is 5.04. The molecule has 8 nitrogen and oxygen atoms in total. The van der Waals surface area contributed by atoms with E-state index in [1.807, 2.05) is 24.3 Å². The monoisotopic (exact) mass is 238 g/mol. The number of rotatable bonds is 2. The van der Waals surface area contributed by atoms with Crippen molar-refractivity contribution in [3.63, 3.8) is 0 Å². The summed E-state index contributed by atoms with van der Waals surface area (Å²) in [5, 5.41) is 29.4. The Morgan fingerprint density at radius 2 is 2.11 bits per heavy atom. The summed E-state index contributed by atoms with van der Waals surface area (Å²) in [7, 11) is 0. The number of nitriles is 1. The van der Waals surface area contributed by atoms with Crippen LogP contribution in [0.5, 0.6) is 0 Å². The van der Waals surface area contributed by atoms with Crippen molar-refractivity contribution in [1.29, 1.82) is 5.26 Å². The highest BCUT2D eigenvalue weighted by Gasteiger charge is 2.08. The third kappa shape index (κ3) is 1.51. The van der Waals surface area contributed by atoms with Crippen LogP contribution in [-0.2, 0) is 0 Å². The SMILES string of the molecule is N#CNN=Nc1nn2cnnc2c2ccccc12. The van der Waals surface area contributed by atoms with Gasteiger partial charge in [0.25, 0.3) is 0 Å². The quantitative estimate of drug-likeness (QED) is 0.314. The van der Waals surface area contributed by atoms with Gasteiger partial charge in [0.05, 0.1) is 0 Å². The standard InChI is InChI=1S/C10H6N8/c11-5-12-17-14-9-7-3-1-2-4-8(7)10-15-13-6-18(10)16-9/h1-4,6H,(H,12,14,16). The molecule has 0 radical (unpaired) electrons. The second-order valence-electron chi connectivity index (χ2n) is 3.39. The topological polar surface area (TPSA) is 104 Å². The molecule has 18 heavy (non-hydrogen) atoms. The van der Waals surface area contributed by atoms with Crippen molar-refractivity contribution in [2.24, 2.45) is 10.3 Å². The lowest BCUT2D eigenvalue weighted by molar-refractivity contribution is 0.855. The van der Waals surface area contributed by atoms with Crippen molar-refractivity contribution in [2.45, 2.75) is 0 Å². The van der Waals surface area contributed by atoms with Crippen molar-refractivity contribution >= 4 is 22.2 Å². The summed E-state index contributed by atoms with van der Waals surface area (Å²) >= 11 is 0. The van der Waals surface area contributed by atoms with Crippen LogP contribution in [0.15, 0.2) is 40.9 Å². The number of hydrogen-bond donors (Lipinski definition) is 1. The van der Waals surface area contributed by atoms with Gasteiger partial charge in [-0.05, 0) is 0 Å². The number of benzene rings is 1. The highest BCUT2D eigenvalue weighted by atomic mass is 15.4. The maximum atomic E-state index is 8.34. The number of fused-ring (bicyclic) bond motifs is 3. The van der Waals surface area contributed by atoms with Crippen LogP contribution in [0.1, 0.15) is 0 Å². The highest BCUT2D eigenvalue weighted by molar-refractivity contribution is 5.98. The molecule has 0 fully saturated rings. The largest absolute Gasteiger partial charge is 0.204 e. The van der Waals surface area contributed by atoms with E-state index in [4.69, 9.17) is 5.26 Å². The number of nitrogens with zero attached hydrogens (tertiary/aromatic N) is 7. The van der Waals surface area contributed by atoms with Crippen LogP contribution in [0.3, 0.4) is 0 Å². The van der Waals surface area contributed by atoms with Crippen molar-refractivity contribution in [3.8, 4) is 6.19 Å². The van der Waals surface area contributed by atoms with Gasteiger partial charge in [-0.2, -0.15) is 15.2 Å². The molecule has 0 bridgehead atoms. The molecular formula is C10H6N8. The van der Waals surface area contributed by atoms with Crippen LogP contribution in [0.4, 0.5) is 5.82 Å². The maximum absolute atomic E-state index is 8.34. The lowest BCUT2D eigenvalue weighted by Gasteiger charge is -2.01. The molecule has 0 aliphatic rings. The van der Waals surface area contributed by atoms with Gasteiger partial charge in [0, 0.05) is 10.8 Å². The van der Waals surface area contributed by atoms with Crippen molar-refractivity contribution < 1.29 is 0 Å². The van der Waals surface area contributed by atoms with Gasteiger partial charge in [0.1, 0.15) is 6.33 Å². The Morgan fingerprint density at radius 3 is 2.94 bits per heavy atom. The summed E-state index contributed by atoms with van der Waals surface area (Å²) in [4.78, 5) is 0. The lowest BCUT2D eigenvalue weighted by Crippen LogP contribution is -1.94. The zero-order valence-corrected chi connectivity index (χ0v) is 9.02. The van der Waals surface area contributed by atoms with Gasteiger partial charge in [0.15, 0.2) is 11.8 Å². The summed E-state index contributed by atoms with van der Waals surface area (Å²) < 4.78 is 1.52. The fourth-order valence-electron chi connectivity index (χ4n) is 1.68. The summed E-state index contributed by atoms with van der Waals surface area (Å²) in [5.74, 6) is 0.389. The fraction of sp³-hybridized carbons (Fsp3) is 0. The summed E-state index contributed by atoms with van der Waals surface area (Å²) in [6, 6.07) is 7.52.